The van der Waals surface area contributed by atoms with Crippen LogP contribution >= 0.6 is 47.8 Å². The van der Waals surface area contributed by atoms with E-state index in [0.29, 0.717) is 0 Å². The van der Waals surface area contributed by atoms with Crippen molar-refractivity contribution in [2.24, 2.45) is 0 Å². The van der Waals surface area contributed by atoms with Crippen LogP contribution in [0.4, 0.5) is 0 Å². The summed E-state index contributed by atoms with van der Waals surface area (Å²) in [6.45, 7) is 0. The molecule has 2 aromatic carbocycles. The van der Waals surface area contributed by atoms with Crippen LogP contribution in [0.25, 0.3) is 11.1 Å². The van der Waals surface area contributed by atoms with E-state index in [2.05, 4.69) is 72.1 Å². The van der Waals surface area contributed by atoms with E-state index in [0.717, 1.165) is 13.4 Å². The molecule has 0 saturated carbocycles. The number of hydrogen-bond donors (Lipinski definition) is 0. The van der Waals surface area contributed by atoms with Gasteiger partial charge in [-0.1, -0.05) is 59.9 Å². The van der Waals surface area contributed by atoms with E-state index >= 15 is 0 Å². The van der Waals surface area contributed by atoms with Crippen LogP contribution in [0.5, 0.6) is 0 Å². The van der Waals surface area contributed by atoms with Crippen molar-refractivity contribution < 1.29 is 0 Å². The SMILES string of the molecule is Brc1cccc(-c2cc(Br)cc(Br)c2)c1. The number of benzene rings is 2. The standard InChI is InChI=1S/C12H7Br3/c13-10-3-1-2-8(4-10)9-5-11(14)7-12(15)6-9/h1-7H. The number of rotatable bonds is 1. The van der Waals surface area contributed by atoms with Gasteiger partial charge >= 0.3 is 0 Å². The maximum atomic E-state index is 3.49. The molecule has 2 aromatic rings. The van der Waals surface area contributed by atoms with Crippen LogP contribution < -0.4 is 0 Å². The third-order valence-corrected chi connectivity index (χ3v) is 3.43. The van der Waals surface area contributed by atoms with Crippen LogP contribution in [0.3, 0.4) is 0 Å². The highest BCUT2D eigenvalue weighted by atomic mass is 79.9. The molecule has 0 unspecified atom stereocenters. The monoisotopic (exact) mass is 388 g/mol. The number of hydrogen-bond acceptors (Lipinski definition) is 0. The summed E-state index contributed by atoms with van der Waals surface area (Å²) >= 11 is 10.4. The Morgan fingerprint density at radius 1 is 0.600 bits per heavy atom. The van der Waals surface area contributed by atoms with Crippen LogP contribution in [-0.2, 0) is 0 Å². The van der Waals surface area contributed by atoms with Crippen LogP contribution in [0.2, 0.25) is 0 Å². The quantitative estimate of drug-likeness (QED) is 0.591. The lowest BCUT2D eigenvalue weighted by molar-refractivity contribution is 1.55. The summed E-state index contributed by atoms with van der Waals surface area (Å²) in [5.41, 5.74) is 2.39. The van der Waals surface area contributed by atoms with Crippen molar-refractivity contribution in [1.29, 1.82) is 0 Å². The zero-order chi connectivity index (χ0) is 10.8. The summed E-state index contributed by atoms with van der Waals surface area (Å²) in [7, 11) is 0. The van der Waals surface area contributed by atoms with Gasteiger partial charge in [0.05, 0.1) is 0 Å². The van der Waals surface area contributed by atoms with E-state index in [9.17, 15) is 0 Å². The highest BCUT2D eigenvalue weighted by molar-refractivity contribution is 9.11. The Balaban J connectivity index is 2.54. The van der Waals surface area contributed by atoms with Crippen molar-refractivity contribution in [3.63, 3.8) is 0 Å². The van der Waals surface area contributed by atoms with Gasteiger partial charge in [0.1, 0.15) is 0 Å². The topological polar surface area (TPSA) is 0 Å². The Labute approximate surface area is 114 Å². The van der Waals surface area contributed by atoms with Crippen LogP contribution in [-0.4, -0.2) is 0 Å². The van der Waals surface area contributed by atoms with E-state index < -0.39 is 0 Å². The minimum absolute atomic E-state index is 1.08. The predicted molar refractivity (Wildman–Crippen MR) is 75.0 cm³/mol. The molecular formula is C12H7Br3. The molecule has 0 aromatic heterocycles. The Morgan fingerprint density at radius 2 is 1.20 bits per heavy atom. The molecule has 15 heavy (non-hydrogen) atoms. The average molecular weight is 391 g/mol. The Kier molecular flexibility index (Phi) is 3.65. The molecule has 0 aliphatic carbocycles. The smallest absolute Gasteiger partial charge is 0.0192 e. The first kappa shape index (κ1) is 11.4. The zero-order valence-corrected chi connectivity index (χ0v) is 12.4. The van der Waals surface area contributed by atoms with Gasteiger partial charge in [-0.25, -0.2) is 0 Å². The highest BCUT2D eigenvalue weighted by Gasteiger charge is 2.01. The Hall–Kier alpha value is -0.120. The van der Waals surface area contributed by atoms with Gasteiger partial charge in [0.25, 0.3) is 0 Å². The van der Waals surface area contributed by atoms with Gasteiger partial charge in [-0.15, -0.1) is 0 Å². The third kappa shape index (κ3) is 2.92. The van der Waals surface area contributed by atoms with Gasteiger partial charge in [0.15, 0.2) is 0 Å². The molecule has 0 saturated heterocycles. The first-order valence-corrected chi connectivity index (χ1v) is 6.75. The molecule has 0 nitrogen and oxygen atoms in total. The van der Waals surface area contributed by atoms with Crippen molar-refractivity contribution in [2.45, 2.75) is 0 Å². The molecule has 0 bridgehead atoms. The minimum Gasteiger partial charge on any atom is -0.0605 e. The summed E-state index contributed by atoms with van der Waals surface area (Å²) in [4.78, 5) is 0. The van der Waals surface area contributed by atoms with E-state index in [1.807, 2.05) is 18.2 Å². The highest BCUT2D eigenvalue weighted by Crippen LogP contribution is 2.29. The van der Waals surface area contributed by atoms with Crippen molar-refractivity contribution in [3.05, 3.63) is 55.9 Å². The summed E-state index contributed by atoms with van der Waals surface area (Å²) in [5.74, 6) is 0. The van der Waals surface area contributed by atoms with Crippen molar-refractivity contribution in [1.82, 2.24) is 0 Å². The van der Waals surface area contributed by atoms with Gasteiger partial charge in [0, 0.05) is 13.4 Å². The molecule has 3 heteroatoms. The lowest BCUT2D eigenvalue weighted by atomic mass is 10.1. The molecule has 0 aliphatic rings. The molecule has 0 aliphatic heterocycles. The van der Waals surface area contributed by atoms with Crippen molar-refractivity contribution >= 4 is 47.8 Å². The second kappa shape index (κ2) is 4.81. The maximum Gasteiger partial charge on any atom is 0.0192 e. The van der Waals surface area contributed by atoms with E-state index in [4.69, 9.17) is 0 Å². The molecule has 0 heterocycles. The van der Waals surface area contributed by atoms with Gasteiger partial charge in [-0.3, -0.25) is 0 Å². The molecule has 0 atom stereocenters. The normalized spacial score (nSPS) is 10.3. The van der Waals surface area contributed by atoms with E-state index in [-0.39, 0.29) is 0 Å². The summed E-state index contributed by atoms with van der Waals surface area (Å²) < 4.78 is 3.25. The van der Waals surface area contributed by atoms with E-state index in [1.54, 1.807) is 0 Å². The molecule has 0 N–H and O–H groups in total. The molecule has 76 valence electrons. The van der Waals surface area contributed by atoms with Gasteiger partial charge < -0.3 is 0 Å². The Bertz CT molecular complexity index is 472. The molecule has 0 spiro atoms. The molecule has 2 rings (SSSR count). The summed E-state index contributed by atoms with van der Waals surface area (Å²) in [5, 5.41) is 0. The van der Waals surface area contributed by atoms with Crippen LogP contribution in [0.15, 0.2) is 55.9 Å². The lowest BCUT2D eigenvalue weighted by Gasteiger charge is -2.04. The molecule has 0 amide bonds. The van der Waals surface area contributed by atoms with Crippen LogP contribution in [0.1, 0.15) is 0 Å². The number of halogens is 3. The maximum absolute atomic E-state index is 3.49. The second-order valence-electron chi connectivity index (χ2n) is 3.17. The average Bonchev–Trinajstić information content (AvgIpc) is 2.16. The second-order valence-corrected chi connectivity index (χ2v) is 5.92. The summed E-state index contributed by atoms with van der Waals surface area (Å²) in [6, 6.07) is 14.5. The minimum atomic E-state index is 1.08. The first-order chi connectivity index (χ1) is 7.15. The van der Waals surface area contributed by atoms with Gasteiger partial charge in [0.2, 0.25) is 0 Å². The first-order valence-electron chi connectivity index (χ1n) is 4.37. The molecule has 0 fully saturated rings. The Morgan fingerprint density at radius 3 is 1.80 bits per heavy atom. The fourth-order valence-corrected chi connectivity index (χ4v) is 3.08. The van der Waals surface area contributed by atoms with E-state index in [1.165, 1.54) is 11.1 Å². The largest absolute Gasteiger partial charge is 0.0605 e. The third-order valence-electron chi connectivity index (χ3n) is 2.02. The fraction of sp³-hybridized carbons (Fsp3) is 0. The fourth-order valence-electron chi connectivity index (χ4n) is 1.39. The zero-order valence-electron chi connectivity index (χ0n) is 7.68. The molecular weight excluding hydrogens is 384 g/mol. The predicted octanol–water partition coefficient (Wildman–Crippen LogP) is 5.64. The van der Waals surface area contributed by atoms with Gasteiger partial charge in [-0.2, -0.15) is 0 Å². The van der Waals surface area contributed by atoms with Crippen molar-refractivity contribution in [2.75, 3.05) is 0 Å². The lowest BCUT2D eigenvalue weighted by Crippen LogP contribution is -1.78. The summed E-state index contributed by atoms with van der Waals surface area (Å²) in [6.07, 6.45) is 0. The van der Waals surface area contributed by atoms with Crippen molar-refractivity contribution in [3.8, 4) is 11.1 Å². The van der Waals surface area contributed by atoms with Gasteiger partial charge in [-0.05, 0) is 41.5 Å². The van der Waals surface area contributed by atoms with Crippen LogP contribution in [0, 0.1) is 0 Å². The molecule has 0 radical (unpaired) electrons.